The molecule has 92 valence electrons. The van der Waals surface area contributed by atoms with Crippen molar-refractivity contribution in [3.8, 4) is 0 Å². The van der Waals surface area contributed by atoms with Gasteiger partial charge < -0.3 is 5.32 Å². The Kier molecular flexibility index (Phi) is 3.95. The number of pyridine rings is 1. The summed E-state index contributed by atoms with van der Waals surface area (Å²) in [6.45, 7) is 1.85. The fourth-order valence-electron chi connectivity index (χ4n) is 1.57. The van der Waals surface area contributed by atoms with E-state index in [1.807, 2.05) is 31.2 Å². The molecule has 3 nitrogen and oxygen atoms in total. The Morgan fingerprint density at radius 2 is 2.00 bits per heavy atom. The molecule has 1 amide bonds. The molecule has 0 aliphatic heterocycles. The third kappa shape index (κ3) is 3.08. The van der Waals surface area contributed by atoms with E-state index >= 15 is 0 Å². The van der Waals surface area contributed by atoms with Crippen molar-refractivity contribution in [1.82, 2.24) is 4.98 Å². The summed E-state index contributed by atoms with van der Waals surface area (Å²) in [5, 5.41) is 2.83. The number of alkyl halides is 1. The number of carbonyl (C=O) groups is 1. The van der Waals surface area contributed by atoms with Crippen LogP contribution in [0.1, 0.15) is 21.6 Å². The highest BCUT2D eigenvalue weighted by Gasteiger charge is 2.06. The Labute approximate surface area is 111 Å². The molecule has 0 fully saturated rings. The second-order valence-electron chi connectivity index (χ2n) is 3.97. The Bertz CT molecular complexity index is 552. The number of amides is 1. The molecule has 1 aromatic heterocycles. The Morgan fingerprint density at radius 3 is 2.61 bits per heavy atom. The molecule has 0 radical (unpaired) electrons. The van der Waals surface area contributed by atoms with Gasteiger partial charge in [0.05, 0.1) is 0 Å². The first-order valence-corrected chi connectivity index (χ1v) is 6.11. The lowest BCUT2D eigenvalue weighted by atomic mass is 10.2. The minimum absolute atomic E-state index is 0.140. The summed E-state index contributed by atoms with van der Waals surface area (Å²) in [6.07, 6.45) is 1.63. The topological polar surface area (TPSA) is 42.0 Å². The van der Waals surface area contributed by atoms with E-state index in [1.165, 1.54) is 0 Å². The van der Waals surface area contributed by atoms with Gasteiger partial charge >= 0.3 is 0 Å². The summed E-state index contributed by atoms with van der Waals surface area (Å²) < 4.78 is 0. The lowest BCUT2D eigenvalue weighted by Crippen LogP contribution is -2.12. The predicted octanol–water partition coefficient (Wildman–Crippen LogP) is 3.38. The number of nitrogens with zero attached hydrogens (tertiary/aromatic N) is 1. The molecule has 1 heterocycles. The molecule has 0 saturated carbocycles. The average Bonchev–Trinajstić information content (AvgIpc) is 2.39. The Morgan fingerprint density at radius 1 is 1.28 bits per heavy atom. The first kappa shape index (κ1) is 12.6. The first-order valence-electron chi connectivity index (χ1n) is 5.58. The molecule has 0 unspecified atom stereocenters. The highest BCUT2D eigenvalue weighted by Crippen LogP contribution is 2.12. The molecule has 18 heavy (non-hydrogen) atoms. The zero-order chi connectivity index (χ0) is 13.0. The molecule has 0 atom stereocenters. The highest BCUT2D eigenvalue weighted by molar-refractivity contribution is 6.17. The zero-order valence-corrected chi connectivity index (χ0v) is 10.7. The minimum Gasteiger partial charge on any atom is -0.322 e. The van der Waals surface area contributed by atoms with Crippen molar-refractivity contribution in [1.29, 1.82) is 0 Å². The van der Waals surface area contributed by atoms with Crippen molar-refractivity contribution in [3.05, 3.63) is 59.4 Å². The number of hydrogen-bond donors (Lipinski definition) is 1. The van der Waals surface area contributed by atoms with Crippen LogP contribution in [0, 0.1) is 6.92 Å². The largest absolute Gasteiger partial charge is 0.322 e. The van der Waals surface area contributed by atoms with E-state index in [4.69, 9.17) is 11.6 Å². The minimum atomic E-state index is -0.140. The second kappa shape index (κ2) is 5.65. The van der Waals surface area contributed by atoms with Gasteiger partial charge in [-0.2, -0.15) is 0 Å². The van der Waals surface area contributed by atoms with Gasteiger partial charge in [0.1, 0.15) is 0 Å². The molecule has 0 aliphatic rings. The Hall–Kier alpha value is -1.87. The van der Waals surface area contributed by atoms with Gasteiger partial charge in [-0.1, -0.05) is 12.1 Å². The van der Waals surface area contributed by atoms with Crippen LogP contribution in [0.4, 0.5) is 5.69 Å². The molecule has 4 heteroatoms. The molecule has 0 saturated heterocycles. The fraction of sp³-hybridized carbons (Fsp3) is 0.143. The number of rotatable bonds is 3. The monoisotopic (exact) mass is 260 g/mol. The van der Waals surface area contributed by atoms with E-state index in [1.54, 1.807) is 18.3 Å². The zero-order valence-electron chi connectivity index (χ0n) is 9.98. The van der Waals surface area contributed by atoms with Crippen LogP contribution in [-0.4, -0.2) is 10.9 Å². The number of aryl methyl sites for hydroxylation is 1. The normalized spacial score (nSPS) is 10.1. The van der Waals surface area contributed by atoms with Crippen LogP contribution >= 0.6 is 11.6 Å². The predicted molar refractivity (Wildman–Crippen MR) is 72.9 cm³/mol. The number of benzene rings is 1. The molecule has 2 aromatic rings. The number of hydrogen-bond acceptors (Lipinski definition) is 2. The number of halogens is 1. The molecular formula is C14H13ClN2O. The summed E-state index contributed by atoms with van der Waals surface area (Å²) in [5.74, 6) is 0.330. The highest BCUT2D eigenvalue weighted by atomic mass is 35.5. The van der Waals surface area contributed by atoms with Crippen molar-refractivity contribution >= 4 is 23.2 Å². The number of anilines is 1. The maximum absolute atomic E-state index is 12.0. The molecule has 1 aromatic carbocycles. The van der Waals surface area contributed by atoms with Gasteiger partial charge in [-0.15, -0.1) is 11.6 Å². The standard InChI is InChI=1S/C14H13ClN2O/c1-10-8-12(6-7-16-10)14(18)17-13-4-2-11(9-15)3-5-13/h2-8H,9H2,1H3,(H,17,18). The third-order valence-electron chi connectivity index (χ3n) is 2.52. The van der Waals surface area contributed by atoms with Crippen LogP contribution in [0.25, 0.3) is 0 Å². The van der Waals surface area contributed by atoms with Crippen LogP contribution in [0.15, 0.2) is 42.6 Å². The molecular weight excluding hydrogens is 248 g/mol. The summed E-state index contributed by atoms with van der Waals surface area (Å²) in [4.78, 5) is 16.0. The van der Waals surface area contributed by atoms with E-state index in [-0.39, 0.29) is 5.91 Å². The molecule has 1 N–H and O–H groups in total. The van der Waals surface area contributed by atoms with Gasteiger partial charge in [0.25, 0.3) is 5.91 Å². The van der Waals surface area contributed by atoms with Gasteiger partial charge in [-0.05, 0) is 36.8 Å². The first-order chi connectivity index (χ1) is 8.69. The van der Waals surface area contributed by atoms with Gasteiger partial charge in [0, 0.05) is 29.0 Å². The van der Waals surface area contributed by atoms with Crippen molar-refractivity contribution in [2.24, 2.45) is 0 Å². The SMILES string of the molecule is Cc1cc(C(=O)Nc2ccc(CCl)cc2)ccn1. The second-order valence-corrected chi connectivity index (χ2v) is 4.24. The van der Waals surface area contributed by atoms with Crippen molar-refractivity contribution in [2.45, 2.75) is 12.8 Å². The lowest BCUT2D eigenvalue weighted by molar-refractivity contribution is 0.102. The lowest BCUT2D eigenvalue weighted by Gasteiger charge is -2.06. The van der Waals surface area contributed by atoms with Crippen LogP contribution in [0.5, 0.6) is 0 Å². The maximum Gasteiger partial charge on any atom is 0.255 e. The average molecular weight is 261 g/mol. The molecule has 0 bridgehead atoms. The fourth-order valence-corrected chi connectivity index (χ4v) is 1.75. The molecule has 0 aliphatic carbocycles. The van der Waals surface area contributed by atoms with E-state index in [9.17, 15) is 4.79 Å². The number of nitrogens with one attached hydrogen (secondary N) is 1. The van der Waals surface area contributed by atoms with Gasteiger partial charge in [-0.25, -0.2) is 0 Å². The van der Waals surface area contributed by atoms with Crippen molar-refractivity contribution < 1.29 is 4.79 Å². The quantitative estimate of drug-likeness (QED) is 0.860. The number of carbonyl (C=O) groups excluding carboxylic acids is 1. The third-order valence-corrected chi connectivity index (χ3v) is 2.83. The van der Waals surface area contributed by atoms with Gasteiger partial charge in [0.15, 0.2) is 0 Å². The van der Waals surface area contributed by atoms with Crippen molar-refractivity contribution in [3.63, 3.8) is 0 Å². The summed E-state index contributed by atoms with van der Waals surface area (Å²) in [6, 6.07) is 10.9. The van der Waals surface area contributed by atoms with Gasteiger partial charge in [0.2, 0.25) is 0 Å². The van der Waals surface area contributed by atoms with Crippen LogP contribution in [-0.2, 0) is 5.88 Å². The summed E-state index contributed by atoms with van der Waals surface area (Å²) in [5.41, 5.74) is 3.20. The Balaban J connectivity index is 2.11. The van der Waals surface area contributed by atoms with E-state index in [0.29, 0.717) is 11.4 Å². The molecule has 2 rings (SSSR count). The van der Waals surface area contributed by atoms with E-state index in [0.717, 1.165) is 16.9 Å². The smallest absolute Gasteiger partial charge is 0.255 e. The van der Waals surface area contributed by atoms with Crippen LogP contribution in [0.3, 0.4) is 0 Å². The van der Waals surface area contributed by atoms with Gasteiger partial charge in [-0.3, -0.25) is 9.78 Å². The van der Waals surface area contributed by atoms with Crippen LogP contribution < -0.4 is 5.32 Å². The molecule has 0 spiro atoms. The van der Waals surface area contributed by atoms with E-state index < -0.39 is 0 Å². The maximum atomic E-state index is 12.0. The van der Waals surface area contributed by atoms with E-state index in [2.05, 4.69) is 10.3 Å². The van der Waals surface area contributed by atoms with Crippen molar-refractivity contribution in [2.75, 3.05) is 5.32 Å². The summed E-state index contributed by atoms with van der Waals surface area (Å²) >= 11 is 5.70. The van der Waals surface area contributed by atoms with Crippen LogP contribution in [0.2, 0.25) is 0 Å². The summed E-state index contributed by atoms with van der Waals surface area (Å²) in [7, 11) is 0. The number of aromatic nitrogens is 1.